The van der Waals surface area contributed by atoms with Crippen LogP contribution < -0.4 is 4.90 Å². The second-order valence-corrected chi connectivity index (χ2v) is 5.85. The van der Waals surface area contributed by atoms with E-state index < -0.39 is 0 Å². The van der Waals surface area contributed by atoms with Crippen LogP contribution in [0.15, 0.2) is 60.7 Å². The van der Waals surface area contributed by atoms with Crippen LogP contribution in [0, 0.1) is 0 Å². The lowest BCUT2D eigenvalue weighted by atomic mass is 9.93. The van der Waals surface area contributed by atoms with Crippen molar-refractivity contribution in [3.8, 4) is 0 Å². The molecule has 0 bridgehead atoms. The minimum Gasteiger partial charge on any atom is -0.313 e. The Labute approximate surface area is 125 Å². The molecule has 3 heteroatoms. The van der Waals surface area contributed by atoms with Gasteiger partial charge in [-0.25, -0.2) is 4.79 Å². The molecule has 21 heavy (non-hydrogen) atoms. The first-order chi connectivity index (χ1) is 10.1. The lowest BCUT2D eigenvalue weighted by molar-refractivity contribution is 0.162. The van der Waals surface area contributed by atoms with Crippen molar-refractivity contribution >= 4 is 11.7 Å². The highest BCUT2D eigenvalue weighted by atomic mass is 16.2. The van der Waals surface area contributed by atoms with Gasteiger partial charge in [0.05, 0.1) is 5.54 Å². The topological polar surface area (TPSA) is 23.6 Å². The van der Waals surface area contributed by atoms with Crippen molar-refractivity contribution in [3.63, 3.8) is 0 Å². The molecule has 2 aromatic carbocycles. The normalized spacial score (nSPS) is 15.6. The standard InChI is InChI=1S/C18H20N2O/c1-18(2,15-9-5-3-6-10-15)20-14-13-19(17(20)21)16-11-7-4-8-12-16/h3-12H,13-14H2,1-2H3. The Morgan fingerprint density at radius 3 is 2.05 bits per heavy atom. The van der Waals surface area contributed by atoms with Crippen molar-refractivity contribution < 1.29 is 4.79 Å². The number of carbonyl (C=O) groups excluding carboxylic acids is 1. The fraction of sp³-hybridized carbons (Fsp3) is 0.278. The number of para-hydroxylation sites is 1. The van der Waals surface area contributed by atoms with Crippen LogP contribution >= 0.6 is 0 Å². The zero-order valence-electron chi connectivity index (χ0n) is 12.5. The fourth-order valence-electron chi connectivity index (χ4n) is 2.90. The number of urea groups is 1. The summed E-state index contributed by atoms with van der Waals surface area (Å²) < 4.78 is 0. The minimum absolute atomic E-state index is 0.0788. The summed E-state index contributed by atoms with van der Waals surface area (Å²) in [6.45, 7) is 5.69. The molecule has 1 heterocycles. The summed E-state index contributed by atoms with van der Waals surface area (Å²) in [5.74, 6) is 0. The van der Waals surface area contributed by atoms with Crippen molar-refractivity contribution in [2.24, 2.45) is 0 Å². The molecule has 3 nitrogen and oxygen atoms in total. The van der Waals surface area contributed by atoms with Crippen molar-refractivity contribution in [3.05, 3.63) is 66.2 Å². The van der Waals surface area contributed by atoms with E-state index in [1.165, 1.54) is 0 Å². The summed E-state index contributed by atoms with van der Waals surface area (Å²) in [6, 6.07) is 20.2. The van der Waals surface area contributed by atoms with Crippen molar-refractivity contribution in [2.75, 3.05) is 18.0 Å². The number of hydrogen-bond donors (Lipinski definition) is 0. The summed E-state index contributed by atoms with van der Waals surface area (Å²) in [5.41, 5.74) is 1.82. The zero-order valence-corrected chi connectivity index (χ0v) is 12.5. The lowest BCUT2D eigenvalue weighted by Gasteiger charge is -2.35. The molecular formula is C18H20N2O. The van der Waals surface area contributed by atoms with E-state index in [0.717, 1.165) is 24.3 Å². The first-order valence-corrected chi connectivity index (χ1v) is 7.30. The quantitative estimate of drug-likeness (QED) is 0.837. The fourth-order valence-corrected chi connectivity index (χ4v) is 2.90. The molecule has 108 valence electrons. The van der Waals surface area contributed by atoms with Gasteiger partial charge in [-0.15, -0.1) is 0 Å². The van der Waals surface area contributed by atoms with E-state index >= 15 is 0 Å². The van der Waals surface area contributed by atoms with E-state index in [1.807, 2.05) is 58.3 Å². The van der Waals surface area contributed by atoms with Gasteiger partial charge in [-0.05, 0) is 31.5 Å². The first kappa shape index (κ1) is 13.7. The van der Waals surface area contributed by atoms with E-state index in [9.17, 15) is 4.79 Å². The molecule has 0 unspecified atom stereocenters. The minimum atomic E-state index is -0.304. The summed E-state index contributed by atoms with van der Waals surface area (Å²) in [5, 5.41) is 0. The number of nitrogens with zero attached hydrogens (tertiary/aromatic N) is 2. The third kappa shape index (κ3) is 2.40. The zero-order chi connectivity index (χ0) is 14.9. The molecule has 0 atom stereocenters. The predicted octanol–water partition coefficient (Wildman–Crippen LogP) is 3.86. The third-order valence-corrected chi connectivity index (χ3v) is 4.23. The van der Waals surface area contributed by atoms with Gasteiger partial charge in [-0.2, -0.15) is 0 Å². The van der Waals surface area contributed by atoms with Gasteiger partial charge >= 0.3 is 6.03 Å². The molecular weight excluding hydrogens is 260 g/mol. The number of anilines is 1. The molecule has 0 spiro atoms. The molecule has 1 fully saturated rings. The van der Waals surface area contributed by atoms with E-state index in [-0.39, 0.29) is 11.6 Å². The molecule has 0 saturated carbocycles. The van der Waals surface area contributed by atoms with Gasteiger partial charge in [0.1, 0.15) is 0 Å². The van der Waals surface area contributed by atoms with E-state index in [0.29, 0.717) is 0 Å². The van der Waals surface area contributed by atoms with Crippen LogP contribution in [-0.4, -0.2) is 24.0 Å². The lowest BCUT2D eigenvalue weighted by Crippen LogP contribution is -2.44. The van der Waals surface area contributed by atoms with Gasteiger partial charge in [-0.3, -0.25) is 4.90 Å². The first-order valence-electron chi connectivity index (χ1n) is 7.30. The molecule has 0 N–H and O–H groups in total. The molecule has 0 aliphatic carbocycles. The molecule has 0 radical (unpaired) electrons. The van der Waals surface area contributed by atoms with Crippen LogP contribution in [0.25, 0.3) is 0 Å². The molecule has 1 aliphatic heterocycles. The van der Waals surface area contributed by atoms with Crippen LogP contribution in [0.3, 0.4) is 0 Å². The highest BCUT2D eigenvalue weighted by molar-refractivity contribution is 5.94. The van der Waals surface area contributed by atoms with Crippen LogP contribution in [-0.2, 0) is 5.54 Å². The highest BCUT2D eigenvalue weighted by Gasteiger charge is 2.39. The Kier molecular flexibility index (Phi) is 3.42. The van der Waals surface area contributed by atoms with E-state index in [1.54, 1.807) is 0 Å². The summed E-state index contributed by atoms with van der Waals surface area (Å²) >= 11 is 0. The van der Waals surface area contributed by atoms with Crippen LogP contribution in [0.2, 0.25) is 0 Å². The van der Waals surface area contributed by atoms with Gasteiger partial charge in [0.15, 0.2) is 0 Å². The monoisotopic (exact) mass is 280 g/mol. The number of carbonyl (C=O) groups is 1. The second kappa shape index (κ2) is 5.24. The van der Waals surface area contributed by atoms with Crippen LogP contribution in [0.5, 0.6) is 0 Å². The molecule has 0 aromatic heterocycles. The average molecular weight is 280 g/mol. The number of rotatable bonds is 3. The SMILES string of the molecule is CC(C)(c1ccccc1)N1CCN(c2ccccc2)C1=O. The van der Waals surface area contributed by atoms with Gasteiger partial charge in [-0.1, -0.05) is 48.5 Å². The Morgan fingerprint density at radius 1 is 0.857 bits per heavy atom. The maximum Gasteiger partial charge on any atom is 0.325 e. The highest BCUT2D eigenvalue weighted by Crippen LogP contribution is 2.32. The Bertz CT molecular complexity index is 622. The van der Waals surface area contributed by atoms with Crippen molar-refractivity contribution in [1.29, 1.82) is 0 Å². The summed E-state index contributed by atoms with van der Waals surface area (Å²) in [7, 11) is 0. The van der Waals surface area contributed by atoms with Gasteiger partial charge in [0, 0.05) is 18.8 Å². The number of benzene rings is 2. The predicted molar refractivity (Wildman–Crippen MR) is 85.4 cm³/mol. The number of hydrogen-bond acceptors (Lipinski definition) is 1. The van der Waals surface area contributed by atoms with E-state index in [2.05, 4.69) is 26.0 Å². The summed E-state index contributed by atoms with van der Waals surface area (Å²) in [6.07, 6.45) is 0. The van der Waals surface area contributed by atoms with Gasteiger partial charge < -0.3 is 4.90 Å². The van der Waals surface area contributed by atoms with Crippen LogP contribution in [0.4, 0.5) is 10.5 Å². The van der Waals surface area contributed by atoms with Crippen molar-refractivity contribution in [2.45, 2.75) is 19.4 Å². The Morgan fingerprint density at radius 2 is 1.43 bits per heavy atom. The van der Waals surface area contributed by atoms with Crippen molar-refractivity contribution in [1.82, 2.24) is 4.90 Å². The van der Waals surface area contributed by atoms with E-state index in [4.69, 9.17) is 0 Å². The molecule has 1 saturated heterocycles. The van der Waals surface area contributed by atoms with Gasteiger partial charge in [0.2, 0.25) is 0 Å². The molecule has 1 aliphatic rings. The Balaban J connectivity index is 1.87. The van der Waals surface area contributed by atoms with Crippen LogP contribution in [0.1, 0.15) is 19.4 Å². The number of amides is 2. The molecule has 2 aromatic rings. The smallest absolute Gasteiger partial charge is 0.313 e. The maximum absolute atomic E-state index is 12.8. The largest absolute Gasteiger partial charge is 0.325 e. The Hall–Kier alpha value is -2.29. The average Bonchev–Trinajstić information content (AvgIpc) is 2.91. The molecule has 3 rings (SSSR count). The van der Waals surface area contributed by atoms with Gasteiger partial charge in [0.25, 0.3) is 0 Å². The summed E-state index contributed by atoms with van der Waals surface area (Å²) in [4.78, 5) is 16.6. The molecule has 2 amide bonds. The second-order valence-electron chi connectivity index (χ2n) is 5.85. The third-order valence-electron chi connectivity index (χ3n) is 4.23. The maximum atomic E-state index is 12.8.